The summed E-state index contributed by atoms with van der Waals surface area (Å²) in [7, 11) is 0. The summed E-state index contributed by atoms with van der Waals surface area (Å²) in [6.45, 7) is 0. The lowest BCUT2D eigenvalue weighted by molar-refractivity contribution is -0.126. The van der Waals surface area contributed by atoms with Crippen LogP contribution in [0.1, 0.15) is 10.6 Å². The maximum atomic E-state index is 12.7. The van der Waals surface area contributed by atoms with Crippen LogP contribution in [0.3, 0.4) is 0 Å². The fourth-order valence-corrected chi connectivity index (χ4v) is 2.87. The highest BCUT2D eigenvalue weighted by Gasteiger charge is 2.57. The van der Waals surface area contributed by atoms with Crippen LogP contribution in [0.2, 0.25) is 5.02 Å². The molecule has 0 N–H and O–H groups in total. The standard InChI is InChI=1S/C16H9ClN2O5/c17-8-3-5-9(6-4-8)19-15(21)11-12(18-24-14(11)16(19)22)13(20)10-2-1-7-23-10/h1-7,11,14H. The third-order valence-electron chi connectivity index (χ3n) is 3.87. The quantitative estimate of drug-likeness (QED) is 0.628. The molecule has 1 saturated heterocycles. The van der Waals surface area contributed by atoms with Crippen LogP contribution in [0.4, 0.5) is 5.69 Å². The highest BCUT2D eigenvalue weighted by atomic mass is 35.5. The number of carbonyl (C=O) groups is 3. The van der Waals surface area contributed by atoms with Crippen LogP contribution in [-0.2, 0) is 14.4 Å². The van der Waals surface area contributed by atoms with Crippen LogP contribution in [0.25, 0.3) is 0 Å². The molecule has 2 amide bonds. The molecule has 2 aliphatic heterocycles. The van der Waals surface area contributed by atoms with E-state index in [1.807, 2.05) is 0 Å². The molecule has 120 valence electrons. The summed E-state index contributed by atoms with van der Waals surface area (Å²) in [6, 6.07) is 9.22. The summed E-state index contributed by atoms with van der Waals surface area (Å²) in [5.41, 5.74) is 0.224. The largest absolute Gasteiger partial charge is 0.461 e. The van der Waals surface area contributed by atoms with Gasteiger partial charge in [0.2, 0.25) is 17.8 Å². The Morgan fingerprint density at radius 3 is 2.54 bits per heavy atom. The number of oxime groups is 1. The van der Waals surface area contributed by atoms with Gasteiger partial charge in [-0.25, -0.2) is 4.90 Å². The number of amides is 2. The molecule has 0 spiro atoms. The Hall–Kier alpha value is -2.93. The van der Waals surface area contributed by atoms with Crippen molar-refractivity contribution in [1.29, 1.82) is 0 Å². The second-order valence-corrected chi connectivity index (χ2v) is 5.71. The number of halogens is 1. The third kappa shape index (κ3) is 2.05. The zero-order valence-electron chi connectivity index (χ0n) is 12.0. The van der Waals surface area contributed by atoms with Crippen LogP contribution < -0.4 is 4.90 Å². The minimum Gasteiger partial charge on any atom is -0.461 e. The average Bonchev–Trinajstić information content (AvgIpc) is 3.29. The molecule has 0 radical (unpaired) electrons. The van der Waals surface area contributed by atoms with Crippen molar-refractivity contribution >= 4 is 40.6 Å². The van der Waals surface area contributed by atoms with Crippen LogP contribution in [0.15, 0.2) is 52.2 Å². The van der Waals surface area contributed by atoms with E-state index in [0.717, 1.165) is 4.90 Å². The smallest absolute Gasteiger partial charge is 0.278 e. The Kier molecular flexibility index (Phi) is 3.24. The van der Waals surface area contributed by atoms with Crippen molar-refractivity contribution in [2.24, 2.45) is 11.1 Å². The third-order valence-corrected chi connectivity index (χ3v) is 4.13. The first-order valence-electron chi connectivity index (χ1n) is 7.03. The molecule has 1 aromatic carbocycles. The number of benzene rings is 1. The summed E-state index contributed by atoms with van der Waals surface area (Å²) in [5.74, 6) is -2.76. The maximum absolute atomic E-state index is 12.7. The predicted octanol–water partition coefficient (Wildman–Crippen LogP) is 2.06. The Labute approximate surface area is 140 Å². The number of fused-ring (bicyclic) bond motifs is 1. The molecule has 1 fully saturated rings. The van der Waals surface area contributed by atoms with Gasteiger partial charge in [0.05, 0.1) is 12.0 Å². The minimum atomic E-state index is -1.14. The van der Waals surface area contributed by atoms with Gasteiger partial charge in [-0.3, -0.25) is 14.4 Å². The predicted molar refractivity (Wildman–Crippen MR) is 82.8 cm³/mol. The molecule has 0 bridgehead atoms. The molecule has 2 aliphatic rings. The lowest BCUT2D eigenvalue weighted by Gasteiger charge is -2.15. The van der Waals surface area contributed by atoms with E-state index < -0.39 is 29.6 Å². The normalized spacial score (nSPS) is 22.4. The molecular formula is C16H9ClN2O5. The number of imide groups is 1. The highest BCUT2D eigenvalue weighted by Crippen LogP contribution is 2.34. The monoisotopic (exact) mass is 344 g/mol. The second-order valence-electron chi connectivity index (χ2n) is 5.27. The molecule has 4 rings (SSSR count). The summed E-state index contributed by atoms with van der Waals surface area (Å²) >= 11 is 5.82. The first-order chi connectivity index (χ1) is 11.6. The first kappa shape index (κ1) is 14.6. The number of anilines is 1. The van der Waals surface area contributed by atoms with Gasteiger partial charge < -0.3 is 9.25 Å². The molecule has 0 aliphatic carbocycles. The van der Waals surface area contributed by atoms with Gasteiger partial charge in [0.25, 0.3) is 5.91 Å². The van der Waals surface area contributed by atoms with Crippen molar-refractivity contribution in [3.05, 3.63) is 53.4 Å². The molecular weight excluding hydrogens is 336 g/mol. The molecule has 2 aromatic rings. The maximum Gasteiger partial charge on any atom is 0.278 e. The van der Waals surface area contributed by atoms with Gasteiger partial charge in [-0.15, -0.1) is 0 Å². The Balaban J connectivity index is 1.67. The number of nitrogens with zero attached hydrogens (tertiary/aromatic N) is 2. The van der Waals surface area contributed by atoms with Crippen LogP contribution >= 0.6 is 11.6 Å². The molecule has 1 aromatic heterocycles. The van der Waals surface area contributed by atoms with E-state index in [1.165, 1.54) is 12.3 Å². The summed E-state index contributed by atoms with van der Waals surface area (Å²) in [5, 5.41) is 4.11. The topological polar surface area (TPSA) is 89.2 Å². The Morgan fingerprint density at radius 2 is 1.88 bits per heavy atom. The second kappa shape index (κ2) is 5.31. The Morgan fingerprint density at radius 1 is 1.12 bits per heavy atom. The number of hydrogen-bond donors (Lipinski definition) is 0. The molecule has 3 heterocycles. The van der Waals surface area contributed by atoms with E-state index >= 15 is 0 Å². The van der Waals surface area contributed by atoms with Gasteiger partial charge in [0.15, 0.2) is 5.76 Å². The number of carbonyl (C=O) groups excluding carboxylic acids is 3. The fourth-order valence-electron chi connectivity index (χ4n) is 2.74. The van der Waals surface area contributed by atoms with Gasteiger partial charge in [-0.2, -0.15) is 0 Å². The van der Waals surface area contributed by atoms with Crippen molar-refractivity contribution in [2.45, 2.75) is 6.10 Å². The summed E-state index contributed by atoms with van der Waals surface area (Å²) in [4.78, 5) is 43.6. The van der Waals surface area contributed by atoms with Crippen molar-refractivity contribution in [1.82, 2.24) is 0 Å². The number of ketones is 1. The SMILES string of the molecule is O=C(C1=NOC2C(=O)N(c3ccc(Cl)cc3)C(=O)C12)c1ccco1. The molecule has 2 atom stereocenters. The van der Waals surface area contributed by atoms with E-state index in [0.29, 0.717) is 10.7 Å². The number of Topliss-reactive ketones (excluding diaryl/α,β-unsaturated/α-hetero) is 1. The van der Waals surface area contributed by atoms with Crippen molar-refractivity contribution in [2.75, 3.05) is 4.90 Å². The van der Waals surface area contributed by atoms with E-state index in [-0.39, 0.29) is 11.5 Å². The minimum absolute atomic E-state index is 0.0307. The van der Waals surface area contributed by atoms with Gasteiger partial charge in [0.1, 0.15) is 11.6 Å². The van der Waals surface area contributed by atoms with E-state index in [1.54, 1.807) is 30.3 Å². The van der Waals surface area contributed by atoms with Gasteiger partial charge in [-0.1, -0.05) is 16.8 Å². The molecule has 0 saturated carbocycles. The summed E-state index contributed by atoms with van der Waals surface area (Å²) < 4.78 is 5.03. The lowest BCUT2D eigenvalue weighted by Crippen LogP contribution is -2.34. The average molecular weight is 345 g/mol. The van der Waals surface area contributed by atoms with Crippen LogP contribution in [0.5, 0.6) is 0 Å². The van der Waals surface area contributed by atoms with Crippen molar-refractivity contribution < 1.29 is 23.6 Å². The van der Waals surface area contributed by atoms with Crippen molar-refractivity contribution in [3.63, 3.8) is 0 Å². The number of furan rings is 1. The number of rotatable bonds is 3. The molecule has 24 heavy (non-hydrogen) atoms. The first-order valence-corrected chi connectivity index (χ1v) is 7.41. The van der Waals surface area contributed by atoms with Gasteiger partial charge >= 0.3 is 0 Å². The lowest BCUT2D eigenvalue weighted by atomic mass is 9.96. The van der Waals surface area contributed by atoms with E-state index in [4.69, 9.17) is 20.9 Å². The van der Waals surface area contributed by atoms with Gasteiger partial charge in [-0.05, 0) is 36.4 Å². The van der Waals surface area contributed by atoms with Crippen LogP contribution in [0, 0.1) is 5.92 Å². The Bertz CT molecular complexity index is 872. The van der Waals surface area contributed by atoms with E-state index in [2.05, 4.69) is 5.16 Å². The molecule has 7 nitrogen and oxygen atoms in total. The molecule has 8 heteroatoms. The molecule has 2 unspecified atom stereocenters. The van der Waals surface area contributed by atoms with Crippen molar-refractivity contribution in [3.8, 4) is 0 Å². The zero-order chi connectivity index (χ0) is 16.8. The zero-order valence-corrected chi connectivity index (χ0v) is 12.8. The van der Waals surface area contributed by atoms with Crippen LogP contribution in [-0.4, -0.2) is 29.4 Å². The fraction of sp³-hybridized carbons (Fsp3) is 0.125. The van der Waals surface area contributed by atoms with Gasteiger partial charge in [0, 0.05) is 5.02 Å². The number of hydrogen-bond acceptors (Lipinski definition) is 6. The van der Waals surface area contributed by atoms with E-state index in [9.17, 15) is 14.4 Å². The highest BCUT2D eigenvalue weighted by molar-refractivity contribution is 6.52. The summed E-state index contributed by atoms with van der Waals surface area (Å²) in [6.07, 6.45) is 0.199.